The minimum atomic E-state index is -4.42. The first-order valence-corrected chi connectivity index (χ1v) is 13.0. The quantitative estimate of drug-likeness (QED) is 0.276. The summed E-state index contributed by atoms with van der Waals surface area (Å²) in [6, 6.07) is 14.5. The molecule has 1 aromatic heterocycles. The molecule has 37 heavy (non-hydrogen) atoms. The third-order valence-corrected chi connectivity index (χ3v) is 7.69. The minimum Gasteiger partial charge on any atom is -0.357 e. The van der Waals surface area contributed by atoms with E-state index in [1.165, 1.54) is 35.6 Å². The summed E-state index contributed by atoms with van der Waals surface area (Å²) in [5.41, 5.74) is -3.61. The van der Waals surface area contributed by atoms with Gasteiger partial charge < -0.3 is 9.80 Å². The minimum absolute atomic E-state index is 0.0139. The Morgan fingerprint density at radius 1 is 0.973 bits per heavy atom. The summed E-state index contributed by atoms with van der Waals surface area (Å²) >= 11 is -0.239. The van der Waals surface area contributed by atoms with Gasteiger partial charge in [-0.05, 0) is 86.8 Å². The Labute approximate surface area is 217 Å². The summed E-state index contributed by atoms with van der Waals surface area (Å²) < 4.78 is 38.1. The number of urea groups is 1. The maximum Gasteiger partial charge on any atom is 0.446 e. The smallest absolute Gasteiger partial charge is 0.357 e. The van der Waals surface area contributed by atoms with Gasteiger partial charge in [0.05, 0.1) is 11.2 Å². The number of fused-ring (bicyclic) bond motifs is 1. The number of halogens is 3. The lowest BCUT2D eigenvalue weighted by Crippen LogP contribution is -2.43. The molecular weight excluding hydrogens is 501 g/mol. The monoisotopic (exact) mass is 528 g/mol. The van der Waals surface area contributed by atoms with E-state index in [4.69, 9.17) is 4.98 Å². The van der Waals surface area contributed by atoms with Gasteiger partial charge in [0.1, 0.15) is 11.4 Å². The molecule has 0 saturated carbocycles. The summed E-state index contributed by atoms with van der Waals surface area (Å²) in [7, 11) is 0. The van der Waals surface area contributed by atoms with Gasteiger partial charge in [-0.3, -0.25) is 4.79 Å². The third-order valence-electron chi connectivity index (χ3n) is 6.95. The van der Waals surface area contributed by atoms with E-state index in [0.717, 1.165) is 53.1 Å². The van der Waals surface area contributed by atoms with Crippen molar-refractivity contribution in [3.8, 4) is 0 Å². The van der Waals surface area contributed by atoms with Gasteiger partial charge >= 0.3 is 11.5 Å². The number of hydrogen-bond acceptors (Lipinski definition) is 5. The van der Waals surface area contributed by atoms with E-state index in [1.807, 2.05) is 30.3 Å². The Morgan fingerprint density at radius 2 is 1.65 bits per heavy atom. The number of aromatic nitrogens is 1. The lowest BCUT2D eigenvalue weighted by Gasteiger charge is -2.30. The van der Waals surface area contributed by atoms with Crippen LogP contribution >= 0.6 is 11.8 Å². The third kappa shape index (κ3) is 4.99. The Kier molecular flexibility index (Phi) is 6.55. The van der Waals surface area contributed by atoms with Gasteiger partial charge in [0, 0.05) is 29.9 Å². The zero-order chi connectivity index (χ0) is 26.4. The summed E-state index contributed by atoms with van der Waals surface area (Å²) in [6.07, 6.45) is 3.40. The van der Waals surface area contributed by atoms with Crippen molar-refractivity contribution < 1.29 is 22.8 Å². The second-order valence-electron chi connectivity index (χ2n) is 9.81. The van der Waals surface area contributed by atoms with Crippen molar-refractivity contribution in [1.82, 2.24) is 9.88 Å². The van der Waals surface area contributed by atoms with Gasteiger partial charge in [0.25, 0.3) is 5.91 Å². The van der Waals surface area contributed by atoms with E-state index in [0.29, 0.717) is 0 Å². The number of nitrogens with zero attached hydrogens (tertiary/aromatic N) is 4. The fourth-order valence-corrected chi connectivity index (χ4v) is 5.48. The molecule has 10 heteroatoms. The maximum atomic E-state index is 13.6. The molecule has 0 radical (unpaired) electrons. The predicted molar refractivity (Wildman–Crippen MR) is 139 cm³/mol. The number of benzene rings is 2. The Balaban J connectivity index is 1.47. The fraction of sp³-hybridized carbons (Fsp3) is 0.370. The molecule has 194 valence electrons. The number of alkyl halides is 3. The first-order valence-electron chi connectivity index (χ1n) is 12.2. The number of anilines is 2. The first-order chi connectivity index (χ1) is 17.5. The first kappa shape index (κ1) is 25.4. The molecular formula is C27H27F3N4O2S. The zero-order valence-electron chi connectivity index (χ0n) is 20.6. The molecule has 0 N–H and O–H groups in total. The number of amides is 3. The van der Waals surface area contributed by atoms with E-state index in [1.54, 1.807) is 13.8 Å². The van der Waals surface area contributed by atoms with Crippen LogP contribution in [0.25, 0.3) is 10.9 Å². The summed E-state index contributed by atoms with van der Waals surface area (Å²) in [5, 5.41) is 0.909. The second kappa shape index (κ2) is 9.55. The van der Waals surface area contributed by atoms with Crippen LogP contribution < -0.4 is 9.80 Å². The van der Waals surface area contributed by atoms with Gasteiger partial charge in [0.2, 0.25) is 0 Å². The molecule has 0 unspecified atom stereocenters. The van der Waals surface area contributed by atoms with Crippen LogP contribution in [0.2, 0.25) is 0 Å². The molecule has 3 amide bonds. The highest BCUT2D eigenvalue weighted by Crippen LogP contribution is 2.39. The number of thioether (sulfide) groups is 1. The average molecular weight is 529 g/mol. The van der Waals surface area contributed by atoms with Crippen molar-refractivity contribution in [3.63, 3.8) is 0 Å². The van der Waals surface area contributed by atoms with E-state index in [-0.39, 0.29) is 28.9 Å². The van der Waals surface area contributed by atoms with Crippen LogP contribution in [0.4, 0.5) is 29.5 Å². The lowest BCUT2D eigenvalue weighted by atomic mass is 10.0. The SMILES string of the molecule is CC1(C)C(=O)N(c2ccc(SC(F)(F)F)cc2)C(=O)N1Cc1cc(N2CCCCC2)nc2ccccc12. The topological polar surface area (TPSA) is 56.8 Å². The van der Waals surface area contributed by atoms with Crippen molar-refractivity contribution >= 4 is 46.1 Å². The molecule has 0 atom stereocenters. The van der Waals surface area contributed by atoms with Gasteiger partial charge in [-0.15, -0.1) is 0 Å². The molecule has 0 bridgehead atoms. The molecule has 0 aliphatic carbocycles. The van der Waals surface area contributed by atoms with Crippen LogP contribution in [0.15, 0.2) is 59.5 Å². The molecule has 2 aliphatic heterocycles. The Bertz CT molecular complexity index is 1340. The summed E-state index contributed by atoms with van der Waals surface area (Å²) in [5.74, 6) is 0.433. The molecule has 6 nitrogen and oxygen atoms in total. The predicted octanol–water partition coefficient (Wildman–Crippen LogP) is 6.58. The molecule has 2 fully saturated rings. The number of rotatable bonds is 5. The fourth-order valence-electron chi connectivity index (χ4n) is 4.94. The lowest BCUT2D eigenvalue weighted by molar-refractivity contribution is -0.123. The zero-order valence-corrected chi connectivity index (χ0v) is 21.4. The maximum absolute atomic E-state index is 13.6. The van der Waals surface area contributed by atoms with E-state index in [2.05, 4.69) is 4.90 Å². The summed E-state index contributed by atoms with van der Waals surface area (Å²) in [6.45, 7) is 5.42. The van der Waals surface area contributed by atoms with Crippen LogP contribution in [-0.4, -0.2) is 46.0 Å². The van der Waals surface area contributed by atoms with Crippen molar-refractivity contribution in [2.75, 3.05) is 22.9 Å². The largest absolute Gasteiger partial charge is 0.446 e. The van der Waals surface area contributed by atoms with Gasteiger partial charge in [-0.1, -0.05) is 18.2 Å². The summed E-state index contributed by atoms with van der Waals surface area (Å²) in [4.78, 5) is 36.7. The van der Waals surface area contributed by atoms with Crippen molar-refractivity contribution in [1.29, 1.82) is 0 Å². The molecule has 2 aliphatic rings. The molecule has 2 saturated heterocycles. The van der Waals surface area contributed by atoms with Gasteiger partial charge in [-0.2, -0.15) is 13.2 Å². The average Bonchev–Trinajstić information content (AvgIpc) is 3.03. The molecule has 3 aromatic rings. The molecule has 2 aromatic carbocycles. The van der Waals surface area contributed by atoms with Crippen LogP contribution in [0.3, 0.4) is 0 Å². The van der Waals surface area contributed by atoms with Crippen LogP contribution in [0.5, 0.6) is 0 Å². The second-order valence-corrected chi connectivity index (χ2v) is 11.0. The number of hydrogen-bond donors (Lipinski definition) is 0. The number of carbonyl (C=O) groups excluding carboxylic acids is 2. The standard InChI is InChI=1S/C27H27F3N4O2S/c1-26(2)24(35)34(19-10-12-20(13-11-19)37-27(28,29)30)25(36)33(26)17-18-16-23(32-14-6-3-7-15-32)31-22-9-5-4-8-21(18)22/h4-5,8-13,16H,3,6-7,14-15,17H2,1-2H3. The highest BCUT2D eigenvalue weighted by Gasteiger charge is 2.52. The normalized spacial score (nSPS) is 18.2. The van der Waals surface area contributed by atoms with Crippen LogP contribution in [-0.2, 0) is 11.3 Å². The molecule has 0 spiro atoms. The van der Waals surface area contributed by atoms with Crippen LogP contribution in [0, 0.1) is 0 Å². The van der Waals surface area contributed by atoms with E-state index >= 15 is 0 Å². The molecule has 5 rings (SSSR count). The van der Waals surface area contributed by atoms with Crippen molar-refractivity contribution in [3.05, 3.63) is 60.2 Å². The highest BCUT2D eigenvalue weighted by atomic mass is 32.2. The van der Waals surface area contributed by atoms with Gasteiger partial charge in [-0.25, -0.2) is 14.7 Å². The number of pyridine rings is 1. The number of imide groups is 1. The van der Waals surface area contributed by atoms with Crippen molar-refractivity contribution in [2.45, 2.75) is 55.6 Å². The molecule has 3 heterocycles. The number of para-hydroxylation sites is 1. The Hall–Kier alpha value is -3.27. The Morgan fingerprint density at radius 3 is 2.32 bits per heavy atom. The van der Waals surface area contributed by atoms with Crippen LogP contribution in [0.1, 0.15) is 38.7 Å². The highest BCUT2D eigenvalue weighted by molar-refractivity contribution is 8.00. The van der Waals surface area contributed by atoms with E-state index < -0.39 is 23.0 Å². The number of piperidine rings is 1. The van der Waals surface area contributed by atoms with Gasteiger partial charge in [0.15, 0.2) is 0 Å². The van der Waals surface area contributed by atoms with E-state index in [9.17, 15) is 22.8 Å². The van der Waals surface area contributed by atoms with Crippen molar-refractivity contribution in [2.24, 2.45) is 0 Å². The number of carbonyl (C=O) groups is 2.